The van der Waals surface area contributed by atoms with Crippen molar-refractivity contribution in [2.24, 2.45) is 0 Å². The van der Waals surface area contributed by atoms with Crippen molar-refractivity contribution in [3.63, 3.8) is 0 Å². The Labute approximate surface area is 166 Å². The lowest BCUT2D eigenvalue weighted by Crippen LogP contribution is -2.50. The Hall–Kier alpha value is -3.55. The third-order valence-electron chi connectivity index (χ3n) is 4.97. The van der Waals surface area contributed by atoms with Gasteiger partial charge in [0, 0.05) is 38.9 Å². The van der Waals surface area contributed by atoms with E-state index >= 15 is 0 Å². The zero-order valence-electron chi connectivity index (χ0n) is 15.8. The summed E-state index contributed by atoms with van der Waals surface area (Å²) in [5, 5.41) is 0. The molecule has 4 rings (SSSR count). The summed E-state index contributed by atoms with van der Waals surface area (Å²) >= 11 is 0. The average Bonchev–Trinajstić information content (AvgIpc) is 2.75. The summed E-state index contributed by atoms with van der Waals surface area (Å²) < 4.78 is 15.5. The molecule has 1 aromatic carbocycles. The van der Waals surface area contributed by atoms with Gasteiger partial charge in [0.25, 0.3) is 11.5 Å². The van der Waals surface area contributed by atoms with Crippen LogP contribution in [0, 0.1) is 5.82 Å². The van der Waals surface area contributed by atoms with Crippen LogP contribution in [0.2, 0.25) is 0 Å². The molecule has 2 aromatic heterocycles. The highest BCUT2D eigenvalue weighted by molar-refractivity contribution is 5.94. The number of rotatable bonds is 4. The van der Waals surface area contributed by atoms with E-state index in [-0.39, 0.29) is 17.0 Å². The second-order valence-corrected chi connectivity index (χ2v) is 6.75. The van der Waals surface area contributed by atoms with Crippen LogP contribution in [0.15, 0.2) is 60.0 Å². The third-order valence-corrected chi connectivity index (χ3v) is 4.97. The van der Waals surface area contributed by atoms with Gasteiger partial charge in [-0.2, -0.15) is 0 Å². The lowest BCUT2D eigenvalue weighted by molar-refractivity contribution is 0.0741. The third kappa shape index (κ3) is 3.49. The molecule has 1 aliphatic heterocycles. The molecule has 0 N–H and O–H groups in total. The lowest BCUT2D eigenvalue weighted by Gasteiger charge is -2.35. The first-order valence-electron chi connectivity index (χ1n) is 9.35. The SMILES string of the molecule is C=CCn1c(=O)c(N2CCN(C(=O)c3ccccc3F)CC2)nc2cccnc21. The fourth-order valence-corrected chi connectivity index (χ4v) is 3.49. The summed E-state index contributed by atoms with van der Waals surface area (Å²) in [6.45, 7) is 5.66. The van der Waals surface area contributed by atoms with E-state index in [2.05, 4.69) is 16.5 Å². The van der Waals surface area contributed by atoms with E-state index in [4.69, 9.17) is 0 Å². The molecule has 3 aromatic rings. The maximum absolute atomic E-state index is 13.9. The minimum absolute atomic E-state index is 0.0594. The lowest BCUT2D eigenvalue weighted by atomic mass is 10.1. The van der Waals surface area contributed by atoms with E-state index < -0.39 is 5.82 Å². The fraction of sp³-hybridized carbons (Fsp3) is 0.238. The summed E-state index contributed by atoms with van der Waals surface area (Å²) in [5.41, 5.74) is 0.942. The Morgan fingerprint density at radius 3 is 2.62 bits per heavy atom. The Kier molecular flexibility index (Phi) is 5.07. The van der Waals surface area contributed by atoms with Crippen molar-refractivity contribution >= 4 is 22.9 Å². The van der Waals surface area contributed by atoms with Gasteiger partial charge in [-0.3, -0.25) is 14.2 Å². The molecular weight excluding hydrogens is 373 g/mol. The monoisotopic (exact) mass is 393 g/mol. The molecule has 0 aliphatic carbocycles. The Morgan fingerprint density at radius 2 is 1.90 bits per heavy atom. The van der Waals surface area contributed by atoms with Crippen LogP contribution in [-0.4, -0.2) is 51.5 Å². The number of piperazine rings is 1. The number of halogens is 1. The van der Waals surface area contributed by atoms with Crippen LogP contribution in [0.25, 0.3) is 11.2 Å². The molecule has 7 nitrogen and oxygen atoms in total. The number of benzene rings is 1. The molecule has 0 unspecified atom stereocenters. The Bertz CT molecular complexity index is 1140. The second kappa shape index (κ2) is 7.83. The number of nitrogens with zero attached hydrogens (tertiary/aromatic N) is 5. The van der Waals surface area contributed by atoms with Gasteiger partial charge < -0.3 is 9.80 Å². The molecule has 1 amide bonds. The molecule has 0 radical (unpaired) electrons. The minimum atomic E-state index is -0.532. The number of allylic oxidation sites excluding steroid dienone is 1. The van der Waals surface area contributed by atoms with Crippen molar-refractivity contribution < 1.29 is 9.18 Å². The first-order chi connectivity index (χ1) is 14.1. The van der Waals surface area contributed by atoms with Crippen LogP contribution >= 0.6 is 0 Å². The Balaban J connectivity index is 1.59. The van der Waals surface area contributed by atoms with Crippen LogP contribution in [0.5, 0.6) is 0 Å². The van der Waals surface area contributed by atoms with Crippen molar-refractivity contribution in [2.45, 2.75) is 6.54 Å². The van der Waals surface area contributed by atoms with Gasteiger partial charge in [0.1, 0.15) is 11.3 Å². The molecule has 1 aliphatic rings. The van der Waals surface area contributed by atoms with Crippen LogP contribution in [-0.2, 0) is 6.54 Å². The first kappa shape index (κ1) is 18.8. The highest BCUT2D eigenvalue weighted by atomic mass is 19.1. The van der Waals surface area contributed by atoms with Crippen LogP contribution in [0.4, 0.5) is 10.2 Å². The second-order valence-electron chi connectivity index (χ2n) is 6.75. The largest absolute Gasteiger partial charge is 0.348 e. The molecule has 0 saturated carbocycles. The number of anilines is 1. The molecule has 3 heterocycles. The molecule has 148 valence electrons. The highest BCUT2D eigenvalue weighted by Crippen LogP contribution is 2.17. The van der Waals surface area contributed by atoms with Crippen LogP contribution in [0.1, 0.15) is 10.4 Å². The van der Waals surface area contributed by atoms with Crippen molar-refractivity contribution in [3.05, 3.63) is 77.0 Å². The zero-order chi connectivity index (χ0) is 20.4. The van der Waals surface area contributed by atoms with E-state index in [9.17, 15) is 14.0 Å². The standard InChI is InChI=1S/C21H20FN5O2/c1-2-10-27-18-17(8-5-9-23-18)24-19(21(27)29)25-11-13-26(14-12-25)20(28)15-6-3-4-7-16(15)22/h2-9H,1,10-14H2. The van der Waals surface area contributed by atoms with Crippen molar-refractivity contribution in [1.82, 2.24) is 19.4 Å². The quantitative estimate of drug-likeness (QED) is 0.635. The number of carbonyl (C=O) groups excluding carboxylic acids is 1. The number of hydrogen-bond acceptors (Lipinski definition) is 5. The van der Waals surface area contributed by atoms with Crippen molar-refractivity contribution in [3.8, 4) is 0 Å². The fourth-order valence-electron chi connectivity index (χ4n) is 3.49. The number of fused-ring (bicyclic) bond motifs is 1. The summed E-state index contributed by atoms with van der Waals surface area (Å²) in [6.07, 6.45) is 3.26. The van der Waals surface area contributed by atoms with Gasteiger partial charge in [0.05, 0.1) is 5.56 Å². The molecule has 0 atom stereocenters. The van der Waals surface area contributed by atoms with E-state index in [0.29, 0.717) is 49.7 Å². The van der Waals surface area contributed by atoms with Crippen LogP contribution in [0.3, 0.4) is 0 Å². The number of amides is 1. The average molecular weight is 393 g/mol. The maximum atomic E-state index is 13.9. The van der Waals surface area contributed by atoms with E-state index in [1.807, 2.05) is 11.0 Å². The smallest absolute Gasteiger partial charge is 0.295 e. The van der Waals surface area contributed by atoms with Crippen molar-refractivity contribution in [2.75, 3.05) is 31.1 Å². The zero-order valence-corrected chi connectivity index (χ0v) is 15.8. The Morgan fingerprint density at radius 1 is 1.14 bits per heavy atom. The molecule has 8 heteroatoms. The van der Waals surface area contributed by atoms with Gasteiger partial charge in [-0.1, -0.05) is 18.2 Å². The van der Waals surface area contributed by atoms with Gasteiger partial charge in [0.15, 0.2) is 11.5 Å². The molecule has 1 fully saturated rings. The van der Waals surface area contributed by atoms with Gasteiger partial charge in [-0.15, -0.1) is 6.58 Å². The maximum Gasteiger partial charge on any atom is 0.295 e. The summed E-state index contributed by atoms with van der Waals surface area (Å²) in [5.74, 6) is -0.552. The van der Waals surface area contributed by atoms with Gasteiger partial charge in [-0.05, 0) is 24.3 Å². The molecule has 0 bridgehead atoms. The van der Waals surface area contributed by atoms with E-state index in [0.717, 1.165) is 0 Å². The number of pyridine rings is 1. The number of carbonyl (C=O) groups is 1. The van der Waals surface area contributed by atoms with E-state index in [1.54, 1.807) is 39.9 Å². The predicted octanol–water partition coefficient (Wildman–Crippen LogP) is 2.08. The van der Waals surface area contributed by atoms with Gasteiger partial charge in [-0.25, -0.2) is 14.4 Å². The predicted molar refractivity (Wildman–Crippen MR) is 109 cm³/mol. The normalized spacial score (nSPS) is 14.2. The molecule has 0 spiro atoms. The number of aromatic nitrogens is 3. The van der Waals surface area contributed by atoms with E-state index in [1.165, 1.54) is 12.1 Å². The molecule has 1 saturated heterocycles. The minimum Gasteiger partial charge on any atom is -0.348 e. The topological polar surface area (TPSA) is 71.3 Å². The summed E-state index contributed by atoms with van der Waals surface area (Å²) in [6, 6.07) is 9.53. The summed E-state index contributed by atoms with van der Waals surface area (Å²) in [4.78, 5) is 37.8. The summed E-state index contributed by atoms with van der Waals surface area (Å²) in [7, 11) is 0. The number of hydrogen-bond donors (Lipinski definition) is 0. The molecular formula is C21H20FN5O2. The first-order valence-corrected chi connectivity index (χ1v) is 9.35. The molecule has 29 heavy (non-hydrogen) atoms. The van der Waals surface area contributed by atoms with Gasteiger partial charge in [0.2, 0.25) is 0 Å². The highest BCUT2D eigenvalue weighted by Gasteiger charge is 2.26. The van der Waals surface area contributed by atoms with Crippen molar-refractivity contribution in [1.29, 1.82) is 0 Å². The van der Waals surface area contributed by atoms with Gasteiger partial charge >= 0.3 is 0 Å². The van der Waals surface area contributed by atoms with Crippen LogP contribution < -0.4 is 10.5 Å².